The Kier molecular flexibility index (Phi) is 5.70. The van der Waals surface area contributed by atoms with Gasteiger partial charge >= 0.3 is 0 Å². The first-order chi connectivity index (χ1) is 8.92. The number of carbonyl (C=O) groups excluding carboxylic acids is 2. The Morgan fingerprint density at radius 2 is 1.89 bits per heavy atom. The summed E-state index contributed by atoms with van der Waals surface area (Å²) in [5.74, 6) is 0.0854. The predicted octanol–water partition coefficient (Wildman–Crippen LogP) is 2.84. The van der Waals surface area contributed by atoms with Crippen LogP contribution in [-0.2, 0) is 9.63 Å². The van der Waals surface area contributed by atoms with Gasteiger partial charge in [-0.1, -0.05) is 30.3 Å². The highest BCUT2D eigenvalue weighted by Gasteiger charge is 2.16. The standard InChI is InChI=1S/C15H21NO3/c1-15(2,3)19-16(12-17)11-7-10-14(18)13-8-5-4-6-9-13/h4-6,8-9,12H,7,10-11H2,1-3H3. The van der Waals surface area contributed by atoms with Crippen molar-refractivity contribution in [2.45, 2.75) is 39.2 Å². The van der Waals surface area contributed by atoms with Gasteiger partial charge in [0.1, 0.15) is 0 Å². The summed E-state index contributed by atoms with van der Waals surface area (Å²) in [5, 5.41) is 1.25. The van der Waals surface area contributed by atoms with Crippen LogP contribution in [0.3, 0.4) is 0 Å². The van der Waals surface area contributed by atoms with Gasteiger partial charge in [0, 0.05) is 18.5 Å². The van der Waals surface area contributed by atoms with Crippen LogP contribution in [0.5, 0.6) is 0 Å². The van der Waals surface area contributed by atoms with Gasteiger partial charge in [-0.2, -0.15) is 0 Å². The molecule has 0 bridgehead atoms. The number of hydrogen-bond donors (Lipinski definition) is 0. The molecule has 0 spiro atoms. The zero-order chi connectivity index (χ0) is 14.3. The van der Waals surface area contributed by atoms with Gasteiger partial charge in [0.25, 0.3) is 0 Å². The molecular weight excluding hydrogens is 242 g/mol. The first kappa shape index (κ1) is 15.4. The number of ketones is 1. The van der Waals surface area contributed by atoms with Gasteiger partial charge in [-0.25, -0.2) is 5.06 Å². The molecule has 1 aromatic carbocycles. The Hall–Kier alpha value is -1.68. The number of benzene rings is 1. The largest absolute Gasteiger partial charge is 0.294 e. The van der Waals surface area contributed by atoms with Gasteiger partial charge in [0.05, 0.1) is 5.60 Å². The normalized spacial score (nSPS) is 11.1. The fourth-order valence-electron chi connectivity index (χ4n) is 1.64. The Morgan fingerprint density at radius 3 is 2.42 bits per heavy atom. The molecule has 4 heteroatoms. The Bertz CT molecular complexity index is 409. The fourth-order valence-corrected chi connectivity index (χ4v) is 1.64. The van der Waals surface area contributed by atoms with Crippen molar-refractivity contribution in [3.05, 3.63) is 35.9 Å². The maximum Gasteiger partial charge on any atom is 0.233 e. The molecule has 1 rings (SSSR count). The zero-order valence-corrected chi connectivity index (χ0v) is 11.8. The molecule has 1 amide bonds. The molecule has 1 aromatic rings. The summed E-state index contributed by atoms with van der Waals surface area (Å²) in [4.78, 5) is 28.1. The van der Waals surface area contributed by atoms with E-state index in [1.165, 1.54) is 5.06 Å². The van der Waals surface area contributed by atoms with Crippen LogP contribution < -0.4 is 0 Å². The van der Waals surface area contributed by atoms with Crippen molar-refractivity contribution in [1.29, 1.82) is 0 Å². The third kappa shape index (κ3) is 6.15. The first-order valence-electron chi connectivity index (χ1n) is 6.42. The van der Waals surface area contributed by atoms with Gasteiger partial charge in [0.2, 0.25) is 6.41 Å². The Morgan fingerprint density at radius 1 is 1.26 bits per heavy atom. The van der Waals surface area contributed by atoms with E-state index in [0.717, 1.165) is 0 Å². The maximum atomic E-state index is 11.9. The van der Waals surface area contributed by atoms with E-state index in [1.54, 1.807) is 12.1 Å². The van der Waals surface area contributed by atoms with Gasteiger partial charge in [-0.05, 0) is 27.2 Å². The minimum atomic E-state index is -0.412. The maximum absolute atomic E-state index is 11.9. The van der Waals surface area contributed by atoms with E-state index >= 15 is 0 Å². The lowest BCUT2D eigenvalue weighted by molar-refractivity contribution is -0.216. The smallest absolute Gasteiger partial charge is 0.233 e. The molecular formula is C15H21NO3. The molecule has 0 fully saturated rings. The fraction of sp³-hybridized carbons (Fsp3) is 0.467. The van der Waals surface area contributed by atoms with Crippen molar-refractivity contribution < 1.29 is 14.4 Å². The molecule has 0 aliphatic heterocycles. The summed E-state index contributed by atoms with van der Waals surface area (Å²) in [7, 11) is 0. The first-order valence-corrected chi connectivity index (χ1v) is 6.42. The van der Waals surface area contributed by atoms with Gasteiger partial charge in [-0.15, -0.1) is 0 Å². The highest BCUT2D eigenvalue weighted by Crippen LogP contribution is 2.11. The second-order valence-corrected chi connectivity index (χ2v) is 5.34. The summed E-state index contributed by atoms with van der Waals surface area (Å²) in [6.07, 6.45) is 1.64. The number of carbonyl (C=O) groups is 2. The number of Topliss-reactive ketones (excluding diaryl/α,β-unsaturated/α-hetero) is 1. The predicted molar refractivity (Wildman–Crippen MR) is 73.6 cm³/mol. The van der Waals surface area contributed by atoms with Crippen LogP contribution in [0.25, 0.3) is 0 Å². The summed E-state index contributed by atoms with van der Waals surface area (Å²) in [6, 6.07) is 9.15. The van der Waals surface area contributed by atoms with E-state index in [0.29, 0.717) is 31.4 Å². The van der Waals surface area contributed by atoms with E-state index in [9.17, 15) is 9.59 Å². The molecule has 19 heavy (non-hydrogen) atoms. The second kappa shape index (κ2) is 7.04. The van der Waals surface area contributed by atoms with Gasteiger partial charge in [0.15, 0.2) is 5.78 Å². The van der Waals surface area contributed by atoms with Crippen LogP contribution in [0, 0.1) is 0 Å². The molecule has 104 valence electrons. The highest BCUT2D eigenvalue weighted by atomic mass is 16.7. The van der Waals surface area contributed by atoms with Gasteiger partial charge in [-0.3, -0.25) is 14.4 Å². The molecule has 0 unspecified atom stereocenters. The number of nitrogens with zero attached hydrogens (tertiary/aromatic N) is 1. The van der Waals surface area contributed by atoms with E-state index in [-0.39, 0.29) is 5.78 Å². The molecule has 0 aromatic heterocycles. The van der Waals surface area contributed by atoms with Crippen molar-refractivity contribution in [3.8, 4) is 0 Å². The minimum absolute atomic E-state index is 0.0854. The van der Waals surface area contributed by atoms with Crippen LogP contribution in [0.4, 0.5) is 0 Å². The average molecular weight is 263 g/mol. The molecule has 0 N–H and O–H groups in total. The molecule has 0 heterocycles. The third-order valence-electron chi connectivity index (χ3n) is 2.39. The summed E-state index contributed by atoms with van der Waals surface area (Å²) in [5.41, 5.74) is 0.293. The number of hydrogen-bond acceptors (Lipinski definition) is 3. The Balaban J connectivity index is 2.37. The molecule has 0 aliphatic rings. The molecule has 0 atom stereocenters. The summed E-state index contributed by atoms with van der Waals surface area (Å²) < 4.78 is 0. The number of rotatable bonds is 7. The molecule has 0 aliphatic carbocycles. The molecule has 0 saturated heterocycles. The van der Waals surface area contributed by atoms with E-state index in [1.807, 2.05) is 39.0 Å². The van der Waals surface area contributed by atoms with Crippen molar-refractivity contribution in [2.24, 2.45) is 0 Å². The third-order valence-corrected chi connectivity index (χ3v) is 2.39. The van der Waals surface area contributed by atoms with E-state index in [2.05, 4.69) is 0 Å². The second-order valence-electron chi connectivity index (χ2n) is 5.34. The average Bonchev–Trinajstić information content (AvgIpc) is 2.37. The number of hydroxylamine groups is 2. The lowest BCUT2D eigenvalue weighted by Crippen LogP contribution is -2.33. The quantitative estimate of drug-likeness (QED) is 0.432. The van der Waals surface area contributed by atoms with E-state index < -0.39 is 5.60 Å². The van der Waals surface area contributed by atoms with Crippen LogP contribution in [0.15, 0.2) is 30.3 Å². The number of amides is 1. The van der Waals surface area contributed by atoms with E-state index in [4.69, 9.17) is 4.84 Å². The topological polar surface area (TPSA) is 46.6 Å². The lowest BCUT2D eigenvalue weighted by Gasteiger charge is -2.26. The molecule has 0 saturated carbocycles. The molecule has 4 nitrogen and oxygen atoms in total. The summed E-state index contributed by atoms with van der Waals surface area (Å²) in [6.45, 7) is 6.04. The van der Waals surface area contributed by atoms with Crippen LogP contribution in [0.2, 0.25) is 0 Å². The van der Waals surface area contributed by atoms with Crippen molar-refractivity contribution in [3.63, 3.8) is 0 Å². The van der Waals surface area contributed by atoms with Crippen LogP contribution in [0.1, 0.15) is 44.0 Å². The Labute approximate surface area is 114 Å². The summed E-state index contributed by atoms with van der Waals surface area (Å²) >= 11 is 0. The lowest BCUT2D eigenvalue weighted by atomic mass is 10.1. The minimum Gasteiger partial charge on any atom is -0.294 e. The van der Waals surface area contributed by atoms with Crippen molar-refractivity contribution >= 4 is 12.2 Å². The van der Waals surface area contributed by atoms with Crippen molar-refractivity contribution in [1.82, 2.24) is 5.06 Å². The molecule has 0 radical (unpaired) electrons. The highest BCUT2D eigenvalue weighted by molar-refractivity contribution is 5.95. The SMILES string of the molecule is CC(C)(C)ON(C=O)CCCC(=O)c1ccccc1. The van der Waals surface area contributed by atoms with Crippen molar-refractivity contribution in [2.75, 3.05) is 6.54 Å². The zero-order valence-electron chi connectivity index (χ0n) is 11.8. The van der Waals surface area contributed by atoms with Crippen LogP contribution >= 0.6 is 0 Å². The van der Waals surface area contributed by atoms with Crippen LogP contribution in [-0.4, -0.2) is 29.4 Å². The monoisotopic (exact) mass is 263 g/mol. The van der Waals surface area contributed by atoms with Gasteiger partial charge < -0.3 is 0 Å².